The van der Waals surface area contributed by atoms with Gasteiger partial charge in [0.25, 0.3) is 0 Å². The number of aryl methyl sites for hydroxylation is 2. The molecule has 0 fully saturated rings. The largest absolute Gasteiger partial charge is 0.206 e. The molecule has 0 nitrogen and oxygen atoms in total. The summed E-state index contributed by atoms with van der Waals surface area (Å²) in [5.41, 5.74) is 6.30. The third-order valence-electron chi connectivity index (χ3n) is 6.13. The zero-order valence-electron chi connectivity index (χ0n) is 19.3. The van der Waals surface area contributed by atoms with E-state index in [0.29, 0.717) is 5.56 Å². The van der Waals surface area contributed by atoms with Gasteiger partial charge in [-0.3, -0.25) is 0 Å². The maximum Gasteiger partial charge on any atom is 0.131 e. The van der Waals surface area contributed by atoms with Gasteiger partial charge in [0.1, 0.15) is 5.82 Å². The molecule has 0 atom stereocenters. The Kier molecular flexibility index (Phi) is 9.34. The van der Waals surface area contributed by atoms with Crippen molar-refractivity contribution in [3.05, 3.63) is 83.7 Å². The Bertz CT molecular complexity index is 906. The molecule has 0 saturated heterocycles. The van der Waals surface area contributed by atoms with Gasteiger partial charge in [-0.25, -0.2) is 4.39 Å². The highest BCUT2D eigenvalue weighted by atomic mass is 19.1. The van der Waals surface area contributed by atoms with E-state index in [1.807, 2.05) is 12.1 Å². The standard InChI is InChI=1S/C30H37F/c1-3-5-6-7-8-9-10-12-25-15-19-27(20-16-25)29-22-21-28(23-30(29)31)26-17-13-24(11-4-2)14-18-26/h13-23H,3-12H2,1-2H3. The summed E-state index contributed by atoms with van der Waals surface area (Å²) in [5, 5.41) is 0. The quantitative estimate of drug-likeness (QED) is 0.258. The van der Waals surface area contributed by atoms with Crippen LogP contribution in [0.25, 0.3) is 22.3 Å². The van der Waals surface area contributed by atoms with Crippen molar-refractivity contribution < 1.29 is 4.39 Å². The Morgan fingerprint density at radius 2 is 1.06 bits per heavy atom. The molecule has 0 saturated carbocycles. The lowest BCUT2D eigenvalue weighted by Gasteiger charge is -2.09. The van der Waals surface area contributed by atoms with Crippen LogP contribution in [0.2, 0.25) is 0 Å². The van der Waals surface area contributed by atoms with Gasteiger partial charge < -0.3 is 0 Å². The highest BCUT2D eigenvalue weighted by Gasteiger charge is 2.08. The predicted molar refractivity (Wildman–Crippen MR) is 133 cm³/mol. The van der Waals surface area contributed by atoms with Gasteiger partial charge >= 0.3 is 0 Å². The van der Waals surface area contributed by atoms with Crippen LogP contribution in [-0.4, -0.2) is 0 Å². The van der Waals surface area contributed by atoms with Gasteiger partial charge in [0, 0.05) is 5.56 Å². The number of hydrogen-bond donors (Lipinski definition) is 0. The van der Waals surface area contributed by atoms with E-state index in [0.717, 1.165) is 36.0 Å². The van der Waals surface area contributed by atoms with Crippen molar-refractivity contribution in [1.29, 1.82) is 0 Å². The fourth-order valence-corrected chi connectivity index (χ4v) is 4.22. The Hall–Kier alpha value is -2.41. The molecule has 0 aliphatic heterocycles. The van der Waals surface area contributed by atoms with Crippen molar-refractivity contribution in [1.82, 2.24) is 0 Å². The van der Waals surface area contributed by atoms with Crippen molar-refractivity contribution in [3.63, 3.8) is 0 Å². The van der Waals surface area contributed by atoms with Crippen LogP contribution in [0, 0.1) is 5.82 Å². The van der Waals surface area contributed by atoms with Crippen LogP contribution in [0.5, 0.6) is 0 Å². The highest BCUT2D eigenvalue weighted by molar-refractivity contribution is 5.71. The van der Waals surface area contributed by atoms with Crippen LogP contribution in [0.4, 0.5) is 4.39 Å². The van der Waals surface area contributed by atoms with E-state index in [4.69, 9.17) is 0 Å². The second-order valence-electron chi connectivity index (χ2n) is 8.71. The molecule has 3 aromatic rings. The SMILES string of the molecule is CCCCCCCCCc1ccc(-c2ccc(-c3ccc(CCC)cc3)cc2F)cc1. The number of unbranched alkanes of at least 4 members (excludes halogenated alkanes) is 6. The van der Waals surface area contributed by atoms with Gasteiger partial charge in [0.05, 0.1) is 0 Å². The molecule has 0 aliphatic carbocycles. The number of benzene rings is 3. The Morgan fingerprint density at radius 1 is 0.516 bits per heavy atom. The second kappa shape index (κ2) is 12.4. The first-order chi connectivity index (χ1) is 15.2. The Balaban J connectivity index is 1.57. The molecular formula is C30H37F. The smallest absolute Gasteiger partial charge is 0.131 e. The van der Waals surface area contributed by atoms with Crippen molar-refractivity contribution in [2.45, 2.75) is 78.1 Å². The van der Waals surface area contributed by atoms with E-state index in [-0.39, 0.29) is 5.82 Å². The maximum atomic E-state index is 14.9. The molecule has 0 spiro atoms. The first-order valence-electron chi connectivity index (χ1n) is 12.2. The summed E-state index contributed by atoms with van der Waals surface area (Å²) >= 11 is 0. The lowest BCUT2D eigenvalue weighted by molar-refractivity contribution is 0.589. The van der Waals surface area contributed by atoms with Crippen LogP contribution in [-0.2, 0) is 12.8 Å². The van der Waals surface area contributed by atoms with E-state index >= 15 is 0 Å². The minimum atomic E-state index is -0.157. The molecule has 0 unspecified atom stereocenters. The molecule has 3 aromatic carbocycles. The lowest BCUT2D eigenvalue weighted by atomic mass is 9.97. The van der Waals surface area contributed by atoms with Crippen LogP contribution in [0.3, 0.4) is 0 Å². The van der Waals surface area contributed by atoms with E-state index in [1.54, 1.807) is 6.07 Å². The summed E-state index contributed by atoms with van der Waals surface area (Å²) in [7, 11) is 0. The van der Waals surface area contributed by atoms with Crippen molar-refractivity contribution >= 4 is 0 Å². The van der Waals surface area contributed by atoms with Gasteiger partial charge in [0.2, 0.25) is 0 Å². The fourth-order valence-electron chi connectivity index (χ4n) is 4.22. The monoisotopic (exact) mass is 416 g/mol. The third kappa shape index (κ3) is 7.06. The molecule has 0 N–H and O–H groups in total. The Morgan fingerprint density at radius 3 is 1.68 bits per heavy atom. The van der Waals surface area contributed by atoms with E-state index in [9.17, 15) is 4.39 Å². The fraction of sp³-hybridized carbons (Fsp3) is 0.400. The summed E-state index contributed by atoms with van der Waals surface area (Å²) in [5.74, 6) is -0.157. The first kappa shape index (κ1) is 23.3. The second-order valence-corrected chi connectivity index (χ2v) is 8.71. The van der Waals surface area contributed by atoms with E-state index < -0.39 is 0 Å². The average molecular weight is 417 g/mol. The average Bonchev–Trinajstić information content (AvgIpc) is 2.80. The molecule has 0 aromatic heterocycles. The van der Waals surface area contributed by atoms with Crippen LogP contribution in [0.15, 0.2) is 66.7 Å². The van der Waals surface area contributed by atoms with Gasteiger partial charge in [-0.05, 0) is 53.1 Å². The zero-order valence-corrected chi connectivity index (χ0v) is 19.3. The van der Waals surface area contributed by atoms with Crippen molar-refractivity contribution in [3.8, 4) is 22.3 Å². The summed E-state index contributed by atoms with van der Waals surface area (Å²) < 4.78 is 14.9. The van der Waals surface area contributed by atoms with Gasteiger partial charge in [-0.15, -0.1) is 0 Å². The van der Waals surface area contributed by atoms with Crippen molar-refractivity contribution in [2.75, 3.05) is 0 Å². The van der Waals surface area contributed by atoms with E-state index in [1.165, 1.54) is 56.1 Å². The maximum absolute atomic E-state index is 14.9. The van der Waals surface area contributed by atoms with E-state index in [2.05, 4.69) is 62.4 Å². The minimum Gasteiger partial charge on any atom is -0.206 e. The topological polar surface area (TPSA) is 0 Å². The lowest BCUT2D eigenvalue weighted by Crippen LogP contribution is -1.90. The summed E-state index contributed by atoms with van der Waals surface area (Å²) in [6.45, 7) is 4.44. The summed E-state index contributed by atoms with van der Waals surface area (Å²) in [6.07, 6.45) is 12.6. The summed E-state index contributed by atoms with van der Waals surface area (Å²) in [6, 6.07) is 22.5. The number of halogens is 1. The molecule has 1 heteroatoms. The highest BCUT2D eigenvalue weighted by Crippen LogP contribution is 2.29. The molecule has 0 bridgehead atoms. The van der Waals surface area contributed by atoms with Crippen LogP contribution >= 0.6 is 0 Å². The molecule has 164 valence electrons. The first-order valence-corrected chi connectivity index (χ1v) is 12.2. The summed E-state index contributed by atoms with van der Waals surface area (Å²) in [4.78, 5) is 0. The molecule has 0 heterocycles. The van der Waals surface area contributed by atoms with Crippen molar-refractivity contribution in [2.24, 2.45) is 0 Å². The predicted octanol–water partition coefficient (Wildman–Crippen LogP) is 9.41. The van der Waals surface area contributed by atoms with Gasteiger partial charge in [-0.1, -0.05) is 119 Å². The third-order valence-corrected chi connectivity index (χ3v) is 6.13. The number of hydrogen-bond acceptors (Lipinski definition) is 0. The van der Waals surface area contributed by atoms with Crippen LogP contribution < -0.4 is 0 Å². The Labute approximate surface area is 188 Å². The van der Waals surface area contributed by atoms with Gasteiger partial charge in [-0.2, -0.15) is 0 Å². The molecule has 0 radical (unpaired) electrons. The van der Waals surface area contributed by atoms with Crippen LogP contribution in [0.1, 0.15) is 76.3 Å². The molecule has 0 aliphatic rings. The molecule has 31 heavy (non-hydrogen) atoms. The zero-order chi connectivity index (χ0) is 21.9. The van der Waals surface area contributed by atoms with Gasteiger partial charge in [0.15, 0.2) is 0 Å². The molecular weight excluding hydrogens is 379 g/mol. The minimum absolute atomic E-state index is 0.157. The molecule has 3 rings (SSSR count). The molecule has 0 amide bonds. The number of rotatable bonds is 12. The normalized spacial score (nSPS) is 11.1.